The Kier molecular flexibility index (Phi) is 6.24. The zero-order valence-corrected chi connectivity index (χ0v) is 16.3. The van der Waals surface area contributed by atoms with E-state index in [2.05, 4.69) is 0 Å². The minimum atomic E-state index is -0.662. The van der Waals surface area contributed by atoms with Crippen molar-refractivity contribution in [1.29, 1.82) is 0 Å². The van der Waals surface area contributed by atoms with Gasteiger partial charge in [0.25, 0.3) is 5.91 Å². The number of hydrogen-bond donors (Lipinski definition) is 0. The predicted octanol–water partition coefficient (Wildman–Crippen LogP) is 3.86. The van der Waals surface area contributed by atoms with Gasteiger partial charge in [-0.25, -0.2) is 4.79 Å². The summed E-state index contributed by atoms with van der Waals surface area (Å²) in [6.45, 7) is 3.72. The number of benzene rings is 2. The van der Waals surface area contributed by atoms with Crippen molar-refractivity contribution in [2.24, 2.45) is 0 Å². The summed E-state index contributed by atoms with van der Waals surface area (Å²) >= 11 is 0. The number of nitrogens with zero attached hydrogens (tertiary/aromatic N) is 1. The van der Waals surface area contributed by atoms with E-state index in [1.54, 1.807) is 53.4 Å². The SMILES string of the molecule is C[C@@H]1CCC[C@H](C)N1C(=O)COC(=O)c1ccccc1C(=O)c1ccccc1. The Morgan fingerprint density at radius 2 is 1.46 bits per heavy atom. The predicted molar refractivity (Wildman–Crippen MR) is 106 cm³/mol. The molecule has 1 amide bonds. The average Bonchev–Trinajstić information content (AvgIpc) is 2.72. The summed E-state index contributed by atoms with van der Waals surface area (Å²) in [7, 11) is 0. The van der Waals surface area contributed by atoms with Gasteiger partial charge in [0.05, 0.1) is 5.56 Å². The number of ketones is 1. The van der Waals surface area contributed by atoms with Crippen molar-refractivity contribution in [1.82, 2.24) is 4.90 Å². The van der Waals surface area contributed by atoms with Gasteiger partial charge in [0.1, 0.15) is 0 Å². The van der Waals surface area contributed by atoms with E-state index in [0.717, 1.165) is 19.3 Å². The third-order valence-electron chi connectivity index (χ3n) is 5.24. The number of esters is 1. The second kappa shape index (κ2) is 8.83. The molecule has 0 bridgehead atoms. The van der Waals surface area contributed by atoms with Gasteiger partial charge in [0.2, 0.25) is 0 Å². The van der Waals surface area contributed by atoms with Gasteiger partial charge in [-0.1, -0.05) is 48.5 Å². The Morgan fingerprint density at radius 3 is 2.11 bits per heavy atom. The lowest BCUT2D eigenvalue weighted by molar-refractivity contribution is -0.140. The van der Waals surface area contributed by atoms with E-state index in [4.69, 9.17) is 4.74 Å². The Labute approximate surface area is 165 Å². The van der Waals surface area contributed by atoms with Crippen LogP contribution in [0.4, 0.5) is 0 Å². The lowest BCUT2D eigenvalue weighted by atomic mass is 9.97. The summed E-state index contributed by atoms with van der Waals surface area (Å²) in [5.74, 6) is -1.11. The molecule has 1 saturated heterocycles. The summed E-state index contributed by atoms with van der Waals surface area (Å²) in [5.41, 5.74) is 0.935. The fraction of sp³-hybridized carbons (Fsp3) is 0.348. The van der Waals surface area contributed by atoms with Crippen LogP contribution in [0.1, 0.15) is 59.4 Å². The number of piperidine rings is 1. The molecule has 0 N–H and O–H groups in total. The molecule has 3 rings (SSSR count). The molecule has 0 radical (unpaired) electrons. The molecule has 0 aromatic heterocycles. The number of likely N-dealkylation sites (tertiary alicyclic amines) is 1. The van der Waals surface area contributed by atoms with Crippen LogP contribution in [0.5, 0.6) is 0 Å². The van der Waals surface area contributed by atoms with Crippen LogP contribution >= 0.6 is 0 Å². The maximum Gasteiger partial charge on any atom is 0.339 e. The molecule has 0 spiro atoms. The minimum Gasteiger partial charge on any atom is -0.452 e. The number of hydrogen-bond acceptors (Lipinski definition) is 4. The molecule has 2 atom stereocenters. The van der Waals surface area contributed by atoms with Gasteiger partial charge in [-0.3, -0.25) is 9.59 Å². The normalized spacial score (nSPS) is 19.1. The first-order valence-electron chi connectivity index (χ1n) is 9.66. The first kappa shape index (κ1) is 19.8. The van der Waals surface area contributed by atoms with Gasteiger partial charge in [-0.05, 0) is 39.2 Å². The second-order valence-electron chi connectivity index (χ2n) is 7.25. The van der Waals surface area contributed by atoms with Crippen LogP contribution < -0.4 is 0 Å². The van der Waals surface area contributed by atoms with Crippen molar-refractivity contribution >= 4 is 17.7 Å². The Hall–Kier alpha value is -2.95. The van der Waals surface area contributed by atoms with Crippen LogP contribution in [0, 0.1) is 0 Å². The number of ether oxygens (including phenoxy) is 1. The molecule has 1 fully saturated rings. The van der Waals surface area contributed by atoms with E-state index in [0.29, 0.717) is 5.56 Å². The molecule has 2 aromatic carbocycles. The average molecular weight is 379 g/mol. The summed E-state index contributed by atoms with van der Waals surface area (Å²) in [4.78, 5) is 39.7. The zero-order chi connectivity index (χ0) is 20.1. The number of amides is 1. The molecule has 5 heteroatoms. The smallest absolute Gasteiger partial charge is 0.339 e. The van der Waals surface area contributed by atoms with Crippen LogP contribution in [0.2, 0.25) is 0 Å². The lowest BCUT2D eigenvalue weighted by Crippen LogP contribution is -2.49. The van der Waals surface area contributed by atoms with Gasteiger partial charge in [-0.15, -0.1) is 0 Å². The molecular formula is C23H25NO4. The van der Waals surface area contributed by atoms with E-state index < -0.39 is 5.97 Å². The zero-order valence-electron chi connectivity index (χ0n) is 16.3. The Bertz CT molecular complexity index is 852. The molecule has 146 valence electrons. The summed E-state index contributed by atoms with van der Waals surface area (Å²) in [6, 6.07) is 15.6. The van der Waals surface area contributed by atoms with Gasteiger partial charge >= 0.3 is 5.97 Å². The molecule has 0 saturated carbocycles. The topological polar surface area (TPSA) is 63.7 Å². The van der Waals surface area contributed by atoms with Crippen molar-refractivity contribution in [3.8, 4) is 0 Å². The standard InChI is InChI=1S/C23H25NO4/c1-16-9-8-10-17(2)24(16)21(25)15-28-23(27)20-14-7-6-13-19(20)22(26)18-11-4-3-5-12-18/h3-7,11-14,16-17H,8-10,15H2,1-2H3/t16-,17+. The molecule has 1 heterocycles. The largest absolute Gasteiger partial charge is 0.452 e. The van der Waals surface area contributed by atoms with Crippen LogP contribution in [-0.4, -0.2) is 41.3 Å². The minimum absolute atomic E-state index is 0.141. The van der Waals surface area contributed by atoms with Crippen LogP contribution in [0.25, 0.3) is 0 Å². The van der Waals surface area contributed by atoms with Crippen LogP contribution in [0.15, 0.2) is 54.6 Å². The third-order valence-corrected chi connectivity index (χ3v) is 5.24. The fourth-order valence-electron chi connectivity index (χ4n) is 3.80. The molecule has 2 aromatic rings. The molecule has 5 nitrogen and oxygen atoms in total. The van der Waals surface area contributed by atoms with Gasteiger partial charge in [0, 0.05) is 23.2 Å². The van der Waals surface area contributed by atoms with E-state index in [1.807, 2.05) is 19.9 Å². The maximum absolute atomic E-state index is 12.8. The van der Waals surface area contributed by atoms with E-state index in [-0.39, 0.29) is 41.5 Å². The number of rotatable bonds is 5. The summed E-state index contributed by atoms with van der Waals surface area (Å²) in [6.07, 6.45) is 3.01. The summed E-state index contributed by atoms with van der Waals surface area (Å²) < 4.78 is 5.28. The van der Waals surface area contributed by atoms with E-state index in [9.17, 15) is 14.4 Å². The van der Waals surface area contributed by atoms with Crippen molar-refractivity contribution in [3.63, 3.8) is 0 Å². The first-order chi connectivity index (χ1) is 13.5. The molecule has 0 aliphatic carbocycles. The number of carbonyl (C=O) groups is 3. The van der Waals surface area contributed by atoms with Crippen LogP contribution in [0.3, 0.4) is 0 Å². The highest BCUT2D eigenvalue weighted by atomic mass is 16.5. The highest BCUT2D eigenvalue weighted by Crippen LogP contribution is 2.23. The molecular weight excluding hydrogens is 354 g/mol. The van der Waals surface area contributed by atoms with Gasteiger partial charge in [-0.2, -0.15) is 0 Å². The molecule has 1 aliphatic rings. The highest BCUT2D eigenvalue weighted by Gasteiger charge is 2.29. The maximum atomic E-state index is 12.8. The van der Waals surface area contributed by atoms with Crippen molar-refractivity contribution in [2.75, 3.05) is 6.61 Å². The Balaban J connectivity index is 1.71. The van der Waals surface area contributed by atoms with Crippen LogP contribution in [-0.2, 0) is 9.53 Å². The van der Waals surface area contributed by atoms with Crippen molar-refractivity contribution in [2.45, 2.75) is 45.2 Å². The monoisotopic (exact) mass is 379 g/mol. The third kappa shape index (κ3) is 4.30. The fourth-order valence-corrected chi connectivity index (χ4v) is 3.80. The van der Waals surface area contributed by atoms with E-state index in [1.165, 1.54) is 0 Å². The van der Waals surface area contributed by atoms with Crippen molar-refractivity contribution in [3.05, 3.63) is 71.3 Å². The first-order valence-corrected chi connectivity index (χ1v) is 9.66. The second-order valence-corrected chi connectivity index (χ2v) is 7.25. The van der Waals surface area contributed by atoms with E-state index >= 15 is 0 Å². The molecule has 0 unspecified atom stereocenters. The summed E-state index contributed by atoms with van der Waals surface area (Å²) in [5, 5.41) is 0. The van der Waals surface area contributed by atoms with Crippen molar-refractivity contribution < 1.29 is 19.1 Å². The Morgan fingerprint density at radius 1 is 0.893 bits per heavy atom. The van der Waals surface area contributed by atoms with Gasteiger partial charge in [0.15, 0.2) is 12.4 Å². The quantitative estimate of drug-likeness (QED) is 0.584. The molecule has 1 aliphatic heterocycles. The molecule has 28 heavy (non-hydrogen) atoms. The van der Waals surface area contributed by atoms with Gasteiger partial charge < -0.3 is 9.64 Å². The lowest BCUT2D eigenvalue weighted by Gasteiger charge is -2.38. The number of carbonyl (C=O) groups excluding carboxylic acids is 3. The highest BCUT2D eigenvalue weighted by molar-refractivity contribution is 6.14.